The molecule has 0 radical (unpaired) electrons. The summed E-state index contributed by atoms with van der Waals surface area (Å²) in [5.41, 5.74) is 1.61. The Morgan fingerprint density at radius 2 is 1.81 bits per heavy atom. The highest BCUT2D eigenvalue weighted by Crippen LogP contribution is 2.34. The zero-order valence-electron chi connectivity index (χ0n) is 17.2. The van der Waals surface area contributed by atoms with Gasteiger partial charge in [-0.2, -0.15) is 5.26 Å². The normalized spacial score (nSPS) is 13.6. The third kappa shape index (κ3) is 4.11. The number of carbonyl (C=O) groups is 1. The van der Waals surface area contributed by atoms with Gasteiger partial charge >= 0.3 is 6.03 Å². The van der Waals surface area contributed by atoms with E-state index in [2.05, 4.69) is 25.2 Å². The Labute approximate surface area is 179 Å². The molecule has 10 heteroatoms. The highest BCUT2D eigenvalue weighted by Gasteiger charge is 2.24. The molecule has 1 N–H and O–H groups in total. The van der Waals surface area contributed by atoms with Crippen molar-refractivity contribution in [3.05, 3.63) is 42.5 Å². The first kappa shape index (κ1) is 20.2. The first-order chi connectivity index (χ1) is 15.1. The Morgan fingerprint density at radius 3 is 2.45 bits per heavy atom. The smallest absolute Gasteiger partial charge is 0.322 e. The molecule has 0 saturated carbocycles. The monoisotopic (exact) mass is 419 g/mol. The molecule has 0 spiro atoms. The van der Waals surface area contributed by atoms with Crippen molar-refractivity contribution in [3.8, 4) is 17.6 Å². The van der Waals surface area contributed by atoms with Gasteiger partial charge in [-0.3, -0.25) is 0 Å². The van der Waals surface area contributed by atoms with Crippen LogP contribution in [0.4, 0.5) is 16.3 Å². The van der Waals surface area contributed by atoms with Gasteiger partial charge in [0.15, 0.2) is 11.5 Å². The summed E-state index contributed by atoms with van der Waals surface area (Å²) in [6, 6.07) is 8.68. The number of anilines is 2. The fourth-order valence-electron chi connectivity index (χ4n) is 3.48. The molecule has 10 nitrogen and oxygen atoms in total. The number of pyridine rings is 1. The number of aromatic nitrogens is 3. The summed E-state index contributed by atoms with van der Waals surface area (Å²) in [5, 5.41) is 12.5. The van der Waals surface area contributed by atoms with Crippen LogP contribution >= 0.6 is 0 Å². The van der Waals surface area contributed by atoms with Gasteiger partial charge in [0.05, 0.1) is 31.6 Å². The van der Waals surface area contributed by atoms with Crippen LogP contribution in [0.1, 0.15) is 5.69 Å². The van der Waals surface area contributed by atoms with E-state index in [0.717, 1.165) is 16.7 Å². The Morgan fingerprint density at radius 1 is 1.06 bits per heavy atom. The number of fused-ring (bicyclic) bond motifs is 1. The maximum atomic E-state index is 12.6. The molecule has 1 saturated heterocycles. The predicted molar refractivity (Wildman–Crippen MR) is 114 cm³/mol. The number of nitrogens with one attached hydrogen (secondary N) is 1. The average molecular weight is 419 g/mol. The van der Waals surface area contributed by atoms with Gasteiger partial charge in [-0.15, -0.1) is 0 Å². The molecule has 3 heterocycles. The molecule has 3 aromatic rings. The standard InChI is InChI=1S/C21H21N7O3/c1-30-18-9-16-17(10-19(18)31-2)24-13-25-20(16)27-5-7-28(8-6-27)21(29)26-15-4-3-14(11-22)23-12-15/h3-4,9-10,12-13H,5-8H2,1-2H3,(H,26,29). The minimum Gasteiger partial charge on any atom is -0.493 e. The summed E-state index contributed by atoms with van der Waals surface area (Å²) >= 11 is 0. The fourth-order valence-corrected chi connectivity index (χ4v) is 3.48. The molecular formula is C21H21N7O3. The number of nitriles is 1. The Hall–Kier alpha value is -4.13. The molecular weight excluding hydrogens is 398 g/mol. The molecule has 1 aromatic carbocycles. The first-order valence-corrected chi connectivity index (χ1v) is 9.66. The largest absolute Gasteiger partial charge is 0.493 e. The zero-order valence-corrected chi connectivity index (χ0v) is 17.2. The number of ether oxygens (including phenoxy) is 2. The van der Waals surface area contributed by atoms with E-state index in [1.165, 1.54) is 12.5 Å². The summed E-state index contributed by atoms with van der Waals surface area (Å²) in [6.07, 6.45) is 3.00. The van der Waals surface area contributed by atoms with Crippen LogP contribution in [-0.2, 0) is 0 Å². The second-order valence-corrected chi connectivity index (χ2v) is 6.87. The summed E-state index contributed by atoms with van der Waals surface area (Å²) in [4.78, 5) is 29.2. The molecule has 0 unspecified atom stereocenters. The maximum absolute atomic E-state index is 12.6. The summed E-state index contributed by atoms with van der Waals surface area (Å²) in [5.74, 6) is 2.01. The van der Waals surface area contributed by atoms with Crippen molar-refractivity contribution in [1.29, 1.82) is 5.26 Å². The Bertz CT molecular complexity index is 1140. The van der Waals surface area contributed by atoms with Gasteiger partial charge in [0.25, 0.3) is 0 Å². The molecule has 1 fully saturated rings. The van der Waals surface area contributed by atoms with Gasteiger partial charge in [-0.1, -0.05) is 0 Å². The molecule has 0 aliphatic carbocycles. The number of hydrogen-bond donors (Lipinski definition) is 1. The molecule has 2 aromatic heterocycles. The number of methoxy groups -OCH3 is 2. The number of nitrogens with zero attached hydrogens (tertiary/aromatic N) is 6. The van der Waals surface area contributed by atoms with E-state index >= 15 is 0 Å². The number of urea groups is 1. The first-order valence-electron chi connectivity index (χ1n) is 9.66. The van der Waals surface area contributed by atoms with Crippen LogP contribution in [0.5, 0.6) is 11.5 Å². The minimum atomic E-state index is -0.204. The van der Waals surface area contributed by atoms with Gasteiger partial charge in [0.2, 0.25) is 0 Å². The van der Waals surface area contributed by atoms with E-state index in [1.54, 1.807) is 31.3 Å². The Balaban J connectivity index is 1.46. The lowest BCUT2D eigenvalue weighted by atomic mass is 10.2. The molecule has 0 bridgehead atoms. The second kappa shape index (κ2) is 8.71. The highest BCUT2D eigenvalue weighted by molar-refractivity contribution is 5.92. The van der Waals surface area contributed by atoms with Crippen LogP contribution in [-0.4, -0.2) is 66.3 Å². The number of hydrogen-bond acceptors (Lipinski definition) is 8. The van der Waals surface area contributed by atoms with Gasteiger partial charge in [-0.05, 0) is 18.2 Å². The van der Waals surface area contributed by atoms with Crippen molar-refractivity contribution < 1.29 is 14.3 Å². The molecule has 0 atom stereocenters. The molecule has 158 valence electrons. The summed E-state index contributed by atoms with van der Waals surface area (Å²) < 4.78 is 10.8. The number of carbonyl (C=O) groups excluding carboxylic acids is 1. The quantitative estimate of drug-likeness (QED) is 0.685. The lowest BCUT2D eigenvalue weighted by Crippen LogP contribution is -2.50. The summed E-state index contributed by atoms with van der Waals surface area (Å²) in [6.45, 7) is 2.32. The van der Waals surface area contributed by atoms with E-state index in [0.29, 0.717) is 49.1 Å². The van der Waals surface area contributed by atoms with Crippen LogP contribution in [0.3, 0.4) is 0 Å². The summed E-state index contributed by atoms with van der Waals surface area (Å²) in [7, 11) is 3.18. The maximum Gasteiger partial charge on any atom is 0.322 e. The van der Waals surface area contributed by atoms with E-state index in [1.807, 2.05) is 18.2 Å². The molecule has 2 amide bonds. The van der Waals surface area contributed by atoms with Crippen molar-refractivity contribution in [1.82, 2.24) is 19.9 Å². The van der Waals surface area contributed by atoms with Crippen LogP contribution in [0.15, 0.2) is 36.8 Å². The third-order valence-electron chi connectivity index (χ3n) is 5.12. The van der Waals surface area contributed by atoms with Crippen LogP contribution < -0.4 is 19.7 Å². The number of piperazine rings is 1. The van der Waals surface area contributed by atoms with Crippen LogP contribution in [0.25, 0.3) is 10.9 Å². The van der Waals surface area contributed by atoms with Gasteiger partial charge in [0.1, 0.15) is 23.9 Å². The van der Waals surface area contributed by atoms with Crippen LogP contribution in [0.2, 0.25) is 0 Å². The van der Waals surface area contributed by atoms with Gasteiger partial charge in [0, 0.05) is 37.6 Å². The van der Waals surface area contributed by atoms with Crippen molar-refractivity contribution in [3.63, 3.8) is 0 Å². The lowest BCUT2D eigenvalue weighted by molar-refractivity contribution is 0.208. The SMILES string of the molecule is COc1cc2ncnc(N3CCN(C(=O)Nc4ccc(C#N)nc4)CC3)c2cc1OC. The third-order valence-corrected chi connectivity index (χ3v) is 5.12. The van der Waals surface area contributed by atoms with Crippen molar-refractivity contribution in [2.45, 2.75) is 0 Å². The van der Waals surface area contributed by atoms with E-state index in [-0.39, 0.29) is 6.03 Å². The van der Waals surface area contributed by atoms with Crippen molar-refractivity contribution >= 4 is 28.4 Å². The van der Waals surface area contributed by atoms with E-state index < -0.39 is 0 Å². The van der Waals surface area contributed by atoms with Crippen molar-refractivity contribution in [2.24, 2.45) is 0 Å². The number of amides is 2. The van der Waals surface area contributed by atoms with Crippen LogP contribution in [0, 0.1) is 11.3 Å². The minimum absolute atomic E-state index is 0.204. The molecule has 4 rings (SSSR count). The zero-order chi connectivity index (χ0) is 21.8. The number of rotatable bonds is 4. The highest BCUT2D eigenvalue weighted by atomic mass is 16.5. The van der Waals surface area contributed by atoms with Crippen molar-refractivity contribution in [2.75, 3.05) is 50.6 Å². The van der Waals surface area contributed by atoms with Gasteiger partial charge in [-0.25, -0.2) is 19.7 Å². The van der Waals surface area contributed by atoms with E-state index in [9.17, 15) is 4.79 Å². The molecule has 1 aliphatic heterocycles. The van der Waals surface area contributed by atoms with Gasteiger partial charge < -0.3 is 24.6 Å². The number of benzene rings is 1. The molecule has 1 aliphatic rings. The molecule has 31 heavy (non-hydrogen) atoms. The topological polar surface area (TPSA) is 116 Å². The fraction of sp³-hybridized carbons (Fsp3) is 0.286. The predicted octanol–water partition coefficient (Wildman–Crippen LogP) is 2.27. The Kier molecular flexibility index (Phi) is 5.66. The lowest BCUT2D eigenvalue weighted by Gasteiger charge is -2.35. The average Bonchev–Trinajstić information content (AvgIpc) is 2.83. The van der Waals surface area contributed by atoms with E-state index in [4.69, 9.17) is 14.7 Å². The second-order valence-electron chi connectivity index (χ2n) is 6.87.